The predicted molar refractivity (Wildman–Crippen MR) is 132 cm³/mol. The van der Waals surface area contributed by atoms with Gasteiger partial charge < -0.3 is 25.4 Å². The van der Waals surface area contributed by atoms with Crippen molar-refractivity contribution in [2.24, 2.45) is 0 Å². The number of amides is 1. The summed E-state index contributed by atoms with van der Waals surface area (Å²) < 4.78 is 17.0. The minimum absolute atomic E-state index is 0.0231. The maximum Gasteiger partial charge on any atom is 0.326 e. The fourth-order valence-electron chi connectivity index (χ4n) is 5.35. The van der Waals surface area contributed by atoms with Crippen LogP contribution in [0.2, 0.25) is 0 Å². The number of fused-ring (bicyclic) bond motifs is 1. The van der Waals surface area contributed by atoms with E-state index in [0.29, 0.717) is 11.2 Å². The number of aromatic nitrogens is 1. The number of rotatable bonds is 9. The highest BCUT2D eigenvalue weighted by Crippen LogP contribution is 2.34. The smallest absolute Gasteiger partial charge is 0.326 e. The zero-order valence-corrected chi connectivity index (χ0v) is 20.1. The molecule has 1 heterocycles. The average Bonchev–Trinajstić information content (AvgIpc) is 3.38. The highest BCUT2D eigenvalue weighted by Gasteiger charge is 2.27. The number of anilines is 1. The first-order valence-electron chi connectivity index (χ1n) is 12.6. The Bertz CT molecular complexity index is 1210. The Labute approximate surface area is 207 Å². The molecule has 2 fully saturated rings. The molecular weight excluding hydrogens is 469 g/mol. The van der Waals surface area contributed by atoms with E-state index in [2.05, 4.69) is 10.6 Å². The van der Waals surface area contributed by atoms with Gasteiger partial charge in [-0.1, -0.05) is 32.1 Å². The lowest BCUT2D eigenvalue weighted by molar-refractivity contribution is -0.140. The number of pyridine rings is 1. The molecule has 0 bridgehead atoms. The van der Waals surface area contributed by atoms with Crippen LogP contribution in [0.3, 0.4) is 0 Å². The molecule has 0 unspecified atom stereocenters. The van der Waals surface area contributed by atoms with Crippen LogP contribution in [0.5, 0.6) is 0 Å². The van der Waals surface area contributed by atoms with Gasteiger partial charge in [0.2, 0.25) is 5.43 Å². The van der Waals surface area contributed by atoms with Crippen molar-refractivity contribution in [3.8, 4) is 0 Å². The molecule has 0 saturated heterocycles. The van der Waals surface area contributed by atoms with E-state index >= 15 is 4.39 Å². The van der Waals surface area contributed by atoms with Gasteiger partial charge in [-0.05, 0) is 44.2 Å². The van der Waals surface area contributed by atoms with Gasteiger partial charge >= 0.3 is 11.9 Å². The number of hydrogen-bond donors (Lipinski definition) is 4. The Morgan fingerprint density at radius 2 is 1.69 bits per heavy atom. The third kappa shape index (κ3) is 5.68. The fraction of sp³-hybridized carbons (Fsp3) is 0.538. The standard InChI is InChI=1S/C26H32FN3O6/c27-19-12-17-22(13-21(19)28-15-6-2-1-3-7-15)30(16-8-4-5-9-16)14-18(24(17)33)25(34)29-20(26(35)36)10-11-23(31)32/h12-16,20,28H,1-11H2,(H,29,34)(H,31,32)(H,35,36)/t20-/m0/s1. The van der Waals surface area contributed by atoms with Gasteiger partial charge in [0.1, 0.15) is 17.4 Å². The number of carboxylic acid groups (broad SMARTS) is 2. The van der Waals surface area contributed by atoms with Gasteiger partial charge in [0, 0.05) is 30.1 Å². The lowest BCUT2D eigenvalue weighted by Gasteiger charge is -2.25. The molecule has 0 aliphatic heterocycles. The first kappa shape index (κ1) is 25.7. The molecule has 2 aliphatic carbocycles. The van der Waals surface area contributed by atoms with Crippen molar-refractivity contribution in [3.05, 3.63) is 39.9 Å². The number of benzene rings is 1. The van der Waals surface area contributed by atoms with Gasteiger partial charge in [-0.25, -0.2) is 9.18 Å². The Morgan fingerprint density at radius 1 is 1.03 bits per heavy atom. The zero-order chi connectivity index (χ0) is 25.8. The molecule has 0 radical (unpaired) electrons. The molecule has 9 nitrogen and oxygen atoms in total. The summed E-state index contributed by atoms with van der Waals surface area (Å²) in [5.41, 5.74) is -0.119. The molecule has 194 valence electrons. The second kappa shape index (κ2) is 11.1. The Kier molecular flexibility index (Phi) is 7.91. The van der Waals surface area contributed by atoms with Gasteiger partial charge in [-0.2, -0.15) is 0 Å². The third-order valence-electron chi connectivity index (χ3n) is 7.30. The van der Waals surface area contributed by atoms with Crippen LogP contribution in [-0.4, -0.2) is 44.7 Å². The molecule has 4 rings (SSSR count). The zero-order valence-electron chi connectivity index (χ0n) is 20.1. The summed E-state index contributed by atoms with van der Waals surface area (Å²) in [5, 5.41) is 23.9. The molecule has 36 heavy (non-hydrogen) atoms. The predicted octanol–water partition coefficient (Wildman–Crippen LogP) is 4.05. The number of carbonyl (C=O) groups is 3. The Morgan fingerprint density at radius 3 is 2.33 bits per heavy atom. The first-order valence-corrected chi connectivity index (χ1v) is 12.6. The minimum Gasteiger partial charge on any atom is -0.481 e. The van der Waals surface area contributed by atoms with E-state index in [9.17, 15) is 24.3 Å². The van der Waals surface area contributed by atoms with Crippen LogP contribution in [0.25, 0.3) is 10.9 Å². The van der Waals surface area contributed by atoms with Gasteiger partial charge in [0.15, 0.2) is 0 Å². The third-order valence-corrected chi connectivity index (χ3v) is 7.30. The van der Waals surface area contributed by atoms with E-state index in [0.717, 1.165) is 57.4 Å². The summed E-state index contributed by atoms with van der Waals surface area (Å²) in [7, 11) is 0. The quantitative estimate of drug-likeness (QED) is 0.407. The number of nitrogens with zero attached hydrogens (tertiary/aromatic N) is 1. The average molecular weight is 502 g/mol. The summed E-state index contributed by atoms with van der Waals surface area (Å²) in [6.07, 6.45) is 9.58. The van der Waals surface area contributed by atoms with Crippen molar-refractivity contribution in [1.82, 2.24) is 9.88 Å². The fourth-order valence-corrected chi connectivity index (χ4v) is 5.35. The molecule has 10 heteroatoms. The lowest BCUT2D eigenvalue weighted by Crippen LogP contribution is -2.42. The summed E-state index contributed by atoms with van der Waals surface area (Å²) in [6.45, 7) is 0. The Balaban J connectivity index is 1.73. The molecule has 2 aromatic rings. The maximum absolute atomic E-state index is 15.1. The Hall–Kier alpha value is -3.43. The van der Waals surface area contributed by atoms with Crippen molar-refractivity contribution in [1.29, 1.82) is 0 Å². The van der Waals surface area contributed by atoms with Gasteiger partial charge in [-0.15, -0.1) is 0 Å². The SMILES string of the molecule is O=C(O)CC[C@H](NC(=O)c1cn(C2CCCC2)c2cc(NC3CCCCC3)c(F)cc2c1=O)C(=O)O. The van der Waals surface area contributed by atoms with Crippen molar-refractivity contribution in [3.63, 3.8) is 0 Å². The van der Waals surface area contributed by atoms with Crippen molar-refractivity contribution < 1.29 is 29.0 Å². The number of halogens is 1. The van der Waals surface area contributed by atoms with Crippen LogP contribution in [0.15, 0.2) is 23.1 Å². The van der Waals surface area contributed by atoms with Crippen LogP contribution in [0.1, 0.15) is 87.0 Å². The summed E-state index contributed by atoms with van der Waals surface area (Å²) >= 11 is 0. The highest BCUT2D eigenvalue weighted by atomic mass is 19.1. The number of nitrogens with one attached hydrogen (secondary N) is 2. The molecule has 1 amide bonds. The number of hydrogen-bond acceptors (Lipinski definition) is 5. The summed E-state index contributed by atoms with van der Waals surface area (Å²) in [4.78, 5) is 48.7. The van der Waals surface area contributed by atoms with Crippen LogP contribution >= 0.6 is 0 Å². The number of carbonyl (C=O) groups excluding carboxylic acids is 1. The summed E-state index contributed by atoms with van der Waals surface area (Å²) in [5.74, 6) is -4.09. The summed E-state index contributed by atoms with van der Waals surface area (Å²) in [6, 6.07) is 1.52. The van der Waals surface area contributed by atoms with E-state index in [4.69, 9.17) is 5.11 Å². The normalized spacial score (nSPS) is 17.7. The molecule has 1 atom stereocenters. The van der Waals surface area contributed by atoms with E-state index in [1.807, 2.05) is 4.57 Å². The second-order valence-corrected chi connectivity index (χ2v) is 9.84. The molecule has 2 saturated carbocycles. The van der Waals surface area contributed by atoms with Gasteiger partial charge in [0.05, 0.1) is 11.2 Å². The van der Waals surface area contributed by atoms with Crippen LogP contribution in [-0.2, 0) is 9.59 Å². The molecule has 0 spiro atoms. The molecule has 4 N–H and O–H groups in total. The van der Waals surface area contributed by atoms with E-state index in [1.54, 1.807) is 6.07 Å². The highest BCUT2D eigenvalue weighted by molar-refractivity contribution is 5.99. The first-order chi connectivity index (χ1) is 17.2. The number of aliphatic carboxylic acids is 2. The van der Waals surface area contributed by atoms with E-state index < -0.39 is 41.6 Å². The van der Waals surface area contributed by atoms with Crippen molar-refractivity contribution in [2.75, 3.05) is 5.32 Å². The van der Waals surface area contributed by atoms with Gasteiger partial charge in [0.25, 0.3) is 5.91 Å². The van der Waals surface area contributed by atoms with Crippen LogP contribution < -0.4 is 16.1 Å². The molecule has 1 aromatic heterocycles. The molecule has 2 aliphatic rings. The second-order valence-electron chi connectivity index (χ2n) is 9.84. The van der Waals surface area contributed by atoms with Gasteiger partial charge in [-0.3, -0.25) is 14.4 Å². The van der Waals surface area contributed by atoms with Crippen molar-refractivity contribution in [2.45, 2.75) is 88.8 Å². The minimum atomic E-state index is -1.47. The lowest BCUT2D eigenvalue weighted by atomic mass is 9.95. The monoisotopic (exact) mass is 501 g/mol. The topological polar surface area (TPSA) is 138 Å². The maximum atomic E-state index is 15.1. The number of carboxylic acids is 2. The molecular formula is C26H32FN3O6. The molecule has 1 aromatic carbocycles. The van der Waals surface area contributed by atoms with Crippen molar-refractivity contribution >= 4 is 34.4 Å². The van der Waals surface area contributed by atoms with Crippen LogP contribution in [0.4, 0.5) is 10.1 Å². The van der Waals surface area contributed by atoms with E-state index in [1.165, 1.54) is 12.6 Å². The largest absolute Gasteiger partial charge is 0.481 e. The van der Waals surface area contributed by atoms with Crippen LogP contribution in [0, 0.1) is 5.82 Å². The van der Waals surface area contributed by atoms with E-state index in [-0.39, 0.29) is 29.5 Å².